The Morgan fingerprint density at radius 3 is 2.69 bits per heavy atom. The summed E-state index contributed by atoms with van der Waals surface area (Å²) in [5.74, 6) is 0.473. The number of hydrogen-bond donors (Lipinski definition) is 1. The number of carbonyl (C=O) groups is 1. The normalized spacial score (nSPS) is 10.2. The van der Waals surface area contributed by atoms with E-state index in [2.05, 4.69) is 5.43 Å². The average molecular weight is 222 g/mol. The largest absolute Gasteiger partial charge is 0.493 e. The molecular weight excluding hydrogens is 204 g/mol. The van der Waals surface area contributed by atoms with Crippen molar-refractivity contribution in [3.63, 3.8) is 0 Å². The summed E-state index contributed by atoms with van der Waals surface area (Å²) in [5, 5.41) is 1.61. The molecule has 1 amide bonds. The predicted molar refractivity (Wildman–Crippen MR) is 63.4 cm³/mol. The number of nitrogens with one attached hydrogen (secondary N) is 1. The van der Waals surface area contributed by atoms with E-state index in [0.29, 0.717) is 17.9 Å². The number of rotatable bonds is 5. The Morgan fingerprint density at radius 2 is 2.06 bits per heavy atom. The zero-order chi connectivity index (χ0) is 12.0. The van der Waals surface area contributed by atoms with Crippen LogP contribution in [0.2, 0.25) is 0 Å². The third kappa shape index (κ3) is 3.55. The van der Waals surface area contributed by atoms with E-state index in [-0.39, 0.29) is 5.91 Å². The van der Waals surface area contributed by atoms with Crippen molar-refractivity contribution >= 4 is 5.91 Å². The fourth-order valence-electron chi connectivity index (χ4n) is 1.26. The van der Waals surface area contributed by atoms with E-state index >= 15 is 0 Å². The Labute approximate surface area is 96.2 Å². The van der Waals surface area contributed by atoms with E-state index in [1.807, 2.05) is 19.1 Å². The lowest BCUT2D eigenvalue weighted by atomic mass is 10.2. The Balaban J connectivity index is 2.81. The molecule has 0 aliphatic rings. The number of para-hydroxylation sites is 1. The fraction of sp³-hybridized carbons (Fsp3) is 0.417. The monoisotopic (exact) mass is 222 g/mol. The van der Waals surface area contributed by atoms with Crippen LogP contribution in [0.4, 0.5) is 0 Å². The predicted octanol–water partition coefficient (Wildman–Crippen LogP) is 1.68. The molecule has 1 aromatic carbocycles. The van der Waals surface area contributed by atoms with Gasteiger partial charge in [0.05, 0.1) is 12.2 Å². The second kappa shape index (κ2) is 6.12. The Hall–Kier alpha value is -1.55. The van der Waals surface area contributed by atoms with Crippen LogP contribution in [0.3, 0.4) is 0 Å². The molecule has 0 bridgehead atoms. The highest BCUT2D eigenvalue weighted by Gasteiger charge is 2.11. The second-order valence-corrected chi connectivity index (χ2v) is 3.68. The maximum Gasteiger partial charge on any atom is 0.269 e. The van der Waals surface area contributed by atoms with Crippen molar-refractivity contribution < 1.29 is 9.53 Å². The lowest BCUT2D eigenvalue weighted by molar-refractivity contribution is 0.0852. The van der Waals surface area contributed by atoms with Gasteiger partial charge < -0.3 is 4.74 Å². The van der Waals surface area contributed by atoms with Gasteiger partial charge in [-0.2, -0.15) is 0 Å². The number of amides is 1. The second-order valence-electron chi connectivity index (χ2n) is 3.68. The first-order valence-electron chi connectivity index (χ1n) is 5.35. The quantitative estimate of drug-likeness (QED) is 0.771. The van der Waals surface area contributed by atoms with Gasteiger partial charge in [-0.1, -0.05) is 19.1 Å². The van der Waals surface area contributed by atoms with Gasteiger partial charge in [-0.05, 0) is 18.6 Å². The summed E-state index contributed by atoms with van der Waals surface area (Å²) in [7, 11) is 3.54. The zero-order valence-electron chi connectivity index (χ0n) is 9.99. The van der Waals surface area contributed by atoms with E-state index in [0.717, 1.165) is 6.42 Å². The minimum atomic E-state index is -0.156. The molecule has 16 heavy (non-hydrogen) atoms. The molecule has 0 aliphatic heterocycles. The maximum absolute atomic E-state index is 11.8. The molecule has 0 unspecified atom stereocenters. The summed E-state index contributed by atoms with van der Waals surface area (Å²) >= 11 is 0. The smallest absolute Gasteiger partial charge is 0.269 e. The molecule has 1 aromatic rings. The number of ether oxygens (including phenoxy) is 1. The van der Waals surface area contributed by atoms with Crippen molar-refractivity contribution in [2.45, 2.75) is 13.3 Å². The van der Waals surface area contributed by atoms with Crippen LogP contribution in [0.1, 0.15) is 23.7 Å². The van der Waals surface area contributed by atoms with Gasteiger partial charge in [-0.25, -0.2) is 5.01 Å². The topological polar surface area (TPSA) is 41.6 Å². The van der Waals surface area contributed by atoms with Gasteiger partial charge in [0.25, 0.3) is 5.91 Å². The van der Waals surface area contributed by atoms with Gasteiger partial charge in [-0.15, -0.1) is 0 Å². The highest BCUT2D eigenvalue weighted by molar-refractivity contribution is 5.96. The first-order chi connectivity index (χ1) is 7.65. The molecule has 1 N–H and O–H groups in total. The van der Waals surface area contributed by atoms with Crippen molar-refractivity contribution in [1.82, 2.24) is 10.4 Å². The molecule has 0 aromatic heterocycles. The van der Waals surface area contributed by atoms with E-state index in [4.69, 9.17) is 4.74 Å². The van der Waals surface area contributed by atoms with Crippen molar-refractivity contribution in [2.24, 2.45) is 0 Å². The van der Waals surface area contributed by atoms with Crippen molar-refractivity contribution in [1.29, 1.82) is 0 Å². The number of benzene rings is 1. The first-order valence-corrected chi connectivity index (χ1v) is 5.35. The molecule has 0 saturated carbocycles. The minimum Gasteiger partial charge on any atom is -0.493 e. The molecule has 4 nitrogen and oxygen atoms in total. The highest BCUT2D eigenvalue weighted by Crippen LogP contribution is 2.17. The average Bonchev–Trinajstić information content (AvgIpc) is 2.25. The molecule has 0 heterocycles. The third-order valence-corrected chi connectivity index (χ3v) is 1.92. The van der Waals surface area contributed by atoms with Gasteiger partial charge >= 0.3 is 0 Å². The van der Waals surface area contributed by atoms with Gasteiger partial charge in [0, 0.05) is 14.1 Å². The summed E-state index contributed by atoms with van der Waals surface area (Å²) in [4.78, 5) is 11.8. The van der Waals surface area contributed by atoms with E-state index in [1.165, 1.54) is 0 Å². The van der Waals surface area contributed by atoms with Crippen LogP contribution in [-0.2, 0) is 0 Å². The molecule has 0 atom stereocenters. The highest BCUT2D eigenvalue weighted by atomic mass is 16.5. The molecular formula is C12H18N2O2. The lowest BCUT2D eigenvalue weighted by Gasteiger charge is -2.14. The molecule has 0 aliphatic carbocycles. The summed E-state index contributed by atoms with van der Waals surface area (Å²) < 4.78 is 5.51. The summed E-state index contributed by atoms with van der Waals surface area (Å²) in [6.45, 7) is 2.65. The van der Waals surface area contributed by atoms with Crippen molar-refractivity contribution in [3.05, 3.63) is 29.8 Å². The van der Waals surface area contributed by atoms with Crippen LogP contribution in [0.25, 0.3) is 0 Å². The van der Waals surface area contributed by atoms with Crippen molar-refractivity contribution in [3.8, 4) is 5.75 Å². The standard InChI is InChI=1S/C12H18N2O2/c1-4-9-16-11-8-6-5-7-10(11)12(15)13-14(2)3/h5-8H,4,9H2,1-3H3,(H,13,15). The van der Waals surface area contributed by atoms with Crippen LogP contribution in [0.15, 0.2) is 24.3 Å². The van der Waals surface area contributed by atoms with Crippen LogP contribution < -0.4 is 10.2 Å². The molecule has 1 rings (SSSR count). The number of hydrogen-bond acceptors (Lipinski definition) is 3. The number of carbonyl (C=O) groups excluding carboxylic acids is 1. The Kier molecular flexibility index (Phi) is 4.79. The lowest BCUT2D eigenvalue weighted by Crippen LogP contribution is -2.36. The van der Waals surface area contributed by atoms with Gasteiger partial charge in [0.1, 0.15) is 5.75 Å². The summed E-state index contributed by atoms with van der Waals surface area (Å²) in [5.41, 5.74) is 3.25. The molecule has 0 saturated heterocycles. The molecule has 88 valence electrons. The van der Waals surface area contributed by atoms with E-state index < -0.39 is 0 Å². The van der Waals surface area contributed by atoms with Crippen LogP contribution in [0.5, 0.6) is 5.75 Å². The van der Waals surface area contributed by atoms with E-state index in [9.17, 15) is 4.79 Å². The van der Waals surface area contributed by atoms with Crippen LogP contribution in [0, 0.1) is 0 Å². The Bertz CT molecular complexity index is 351. The van der Waals surface area contributed by atoms with Crippen molar-refractivity contribution in [2.75, 3.05) is 20.7 Å². The SMILES string of the molecule is CCCOc1ccccc1C(=O)NN(C)C. The molecule has 0 radical (unpaired) electrons. The van der Waals surface area contributed by atoms with Gasteiger partial charge in [0.2, 0.25) is 0 Å². The maximum atomic E-state index is 11.8. The van der Waals surface area contributed by atoms with E-state index in [1.54, 1.807) is 31.2 Å². The van der Waals surface area contributed by atoms with Gasteiger partial charge in [-0.3, -0.25) is 10.2 Å². The van der Waals surface area contributed by atoms with Crippen LogP contribution in [-0.4, -0.2) is 31.6 Å². The summed E-state index contributed by atoms with van der Waals surface area (Å²) in [6, 6.07) is 7.24. The number of nitrogens with zero attached hydrogens (tertiary/aromatic N) is 1. The number of hydrazine groups is 1. The molecule has 0 fully saturated rings. The first kappa shape index (κ1) is 12.5. The van der Waals surface area contributed by atoms with Gasteiger partial charge in [0.15, 0.2) is 0 Å². The summed E-state index contributed by atoms with van der Waals surface area (Å²) in [6.07, 6.45) is 0.920. The van der Waals surface area contributed by atoms with Crippen LogP contribution >= 0.6 is 0 Å². The third-order valence-electron chi connectivity index (χ3n) is 1.92. The molecule has 0 spiro atoms. The minimum absolute atomic E-state index is 0.156. The zero-order valence-corrected chi connectivity index (χ0v) is 9.99. The Morgan fingerprint density at radius 1 is 1.38 bits per heavy atom. The fourth-order valence-corrected chi connectivity index (χ4v) is 1.26. The molecule has 4 heteroatoms.